The molecule has 41 heavy (non-hydrogen) atoms. The van der Waals surface area contributed by atoms with E-state index in [1.54, 1.807) is 0 Å². The zero-order chi connectivity index (χ0) is 31.1. The van der Waals surface area contributed by atoms with Crippen LogP contribution in [-0.4, -0.2) is 43.1 Å². The molecular weight excluding hydrogens is 577 g/mol. The second kappa shape index (κ2) is 10.9. The van der Waals surface area contributed by atoms with Gasteiger partial charge < -0.3 is 14.6 Å². The molecule has 224 valence electrons. The van der Waals surface area contributed by atoms with Crippen molar-refractivity contribution in [3.05, 3.63) is 70.3 Å². The Morgan fingerprint density at radius 2 is 1.37 bits per heavy atom. The first-order valence-electron chi connectivity index (χ1n) is 11.8. The van der Waals surface area contributed by atoms with Gasteiger partial charge in [0.1, 0.15) is 0 Å². The second-order valence-electron chi connectivity index (χ2n) is 8.79. The van der Waals surface area contributed by atoms with Gasteiger partial charge in [0.2, 0.25) is 5.60 Å². The maximum Gasteiger partial charge on any atom is 0.416 e. The summed E-state index contributed by atoms with van der Waals surface area (Å²) in [6.45, 7) is 2.32. The third kappa shape index (κ3) is 5.72. The van der Waals surface area contributed by atoms with Gasteiger partial charge in [-0.2, -0.15) is 39.5 Å². The smallest absolute Gasteiger partial charge is 0.416 e. The van der Waals surface area contributed by atoms with Gasteiger partial charge in [0.25, 0.3) is 0 Å². The molecule has 0 saturated heterocycles. The van der Waals surface area contributed by atoms with Gasteiger partial charge in [-0.1, -0.05) is 25.1 Å². The van der Waals surface area contributed by atoms with Crippen LogP contribution in [0.1, 0.15) is 42.5 Å². The van der Waals surface area contributed by atoms with E-state index in [9.17, 15) is 54.2 Å². The van der Waals surface area contributed by atoms with Crippen LogP contribution in [0.15, 0.2) is 48.0 Å². The number of rotatable bonds is 5. The highest BCUT2D eigenvalue weighted by atomic mass is 19.4. The fraction of sp³-hybridized carbons (Fsp3) is 0.385. The molecule has 0 fully saturated rings. The standard InChI is InChI=1S/C26H22F9NO5/c1-4-17-20(26(33,34)35)19(16-8-6-7-9-18(16)36(17)22(38)41-5-2)23(39,21(37)40-3)13-10-14(24(27,28)29)12-15(11-13)25(30,31)32/h6-12,17,39H,4-5H2,1-3H3/t17-,23-/m0/s1. The van der Waals surface area contributed by atoms with Crippen LogP contribution in [0.3, 0.4) is 0 Å². The summed E-state index contributed by atoms with van der Waals surface area (Å²) in [6.07, 6.45) is -18.2. The highest BCUT2D eigenvalue weighted by Crippen LogP contribution is 2.53. The molecule has 1 aliphatic rings. The topological polar surface area (TPSA) is 76.1 Å². The van der Waals surface area contributed by atoms with Crippen LogP contribution >= 0.6 is 0 Å². The number of carbonyl (C=O) groups excluding carboxylic acids is 2. The molecule has 0 saturated carbocycles. The summed E-state index contributed by atoms with van der Waals surface area (Å²) in [4.78, 5) is 26.5. The van der Waals surface area contributed by atoms with Crippen LogP contribution in [0.4, 0.5) is 50.0 Å². The third-order valence-corrected chi connectivity index (χ3v) is 6.35. The van der Waals surface area contributed by atoms with Crippen molar-refractivity contribution < 1.29 is 63.7 Å². The lowest BCUT2D eigenvalue weighted by molar-refractivity contribution is -0.158. The van der Waals surface area contributed by atoms with Crippen molar-refractivity contribution in [2.24, 2.45) is 0 Å². The van der Waals surface area contributed by atoms with Gasteiger partial charge in [0.05, 0.1) is 42.1 Å². The second-order valence-corrected chi connectivity index (χ2v) is 8.79. The molecule has 0 unspecified atom stereocenters. The summed E-state index contributed by atoms with van der Waals surface area (Å²) in [5.74, 6) is -2.00. The van der Waals surface area contributed by atoms with Gasteiger partial charge >= 0.3 is 30.6 Å². The van der Waals surface area contributed by atoms with Gasteiger partial charge in [0.15, 0.2) is 0 Å². The molecule has 2 atom stereocenters. The molecule has 3 rings (SSSR count). The maximum absolute atomic E-state index is 14.8. The average molecular weight is 599 g/mol. The number of halogens is 9. The molecular formula is C26H22F9NO5. The van der Waals surface area contributed by atoms with E-state index in [0.29, 0.717) is 12.0 Å². The van der Waals surface area contributed by atoms with Crippen LogP contribution in [0.5, 0.6) is 0 Å². The Labute approximate surface area is 226 Å². The number of methoxy groups -OCH3 is 1. The molecule has 1 amide bonds. The number of carbonyl (C=O) groups is 2. The summed E-state index contributed by atoms with van der Waals surface area (Å²) in [6, 6.07) is 1.98. The lowest BCUT2D eigenvalue weighted by atomic mass is 9.74. The number of benzene rings is 2. The minimum Gasteiger partial charge on any atom is -0.466 e. The predicted molar refractivity (Wildman–Crippen MR) is 125 cm³/mol. The number of hydrogen-bond donors (Lipinski definition) is 1. The first-order chi connectivity index (χ1) is 18.8. The number of hydrogen-bond acceptors (Lipinski definition) is 5. The van der Waals surface area contributed by atoms with Gasteiger partial charge in [-0.15, -0.1) is 0 Å². The van der Waals surface area contributed by atoms with Crippen molar-refractivity contribution in [1.82, 2.24) is 0 Å². The molecule has 2 aromatic carbocycles. The minimum atomic E-state index is -5.48. The van der Waals surface area contributed by atoms with Crippen molar-refractivity contribution in [2.45, 2.75) is 50.4 Å². The molecule has 2 aromatic rings. The highest BCUT2D eigenvalue weighted by molar-refractivity contribution is 6.05. The summed E-state index contributed by atoms with van der Waals surface area (Å²) in [5.41, 5.74) is -13.6. The van der Waals surface area contributed by atoms with Crippen molar-refractivity contribution >= 4 is 23.3 Å². The van der Waals surface area contributed by atoms with Gasteiger partial charge in [-0.25, -0.2) is 9.59 Å². The molecule has 1 N–H and O–H groups in total. The maximum atomic E-state index is 14.8. The number of ether oxygens (including phenoxy) is 2. The molecule has 15 heteroatoms. The fourth-order valence-corrected chi connectivity index (χ4v) is 4.71. The summed E-state index contributed by atoms with van der Waals surface area (Å²) < 4.78 is 136. The first-order valence-corrected chi connectivity index (χ1v) is 11.8. The molecule has 1 heterocycles. The fourth-order valence-electron chi connectivity index (χ4n) is 4.71. The number of aliphatic hydroxyl groups is 1. The Hall–Kier alpha value is -3.75. The van der Waals surface area contributed by atoms with Crippen molar-refractivity contribution in [3.63, 3.8) is 0 Å². The number of esters is 1. The number of nitrogens with zero attached hydrogens (tertiary/aromatic N) is 1. The van der Waals surface area contributed by atoms with E-state index in [0.717, 1.165) is 18.2 Å². The Morgan fingerprint density at radius 3 is 1.80 bits per heavy atom. The summed E-state index contributed by atoms with van der Waals surface area (Å²) in [7, 11) is 0.580. The number of anilines is 1. The number of amides is 1. The van der Waals surface area contributed by atoms with E-state index >= 15 is 0 Å². The number of alkyl halides is 9. The Kier molecular flexibility index (Phi) is 8.46. The molecule has 0 radical (unpaired) electrons. The van der Waals surface area contributed by atoms with Gasteiger partial charge in [-0.3, -0.25) is 4.90 Å². The monoisotopic (exact) mass is 599 g/mol. The third-order valence-electron chi connectivity index (χ3n) is 6.35. The van der Waals surface area contributed by atoms with Crippen LogP contribution in [0.25, 0.3) is 5.57 Å². The minimum absolute atomic E-state index is 0.0611. The SMILES string of the molecule is CCOC(=O)N1c2ccccc2C([C@](O)(C(=O)OC)c2cc(C(F)(F)F)cc(C(F)(F)F)c2)=C(C(F)(F)F)[C@@H]1CC. The predicted octanol–water partition coefficient (Wildman–Crippen LogP) is 6.86. The Balaban J connectivity index is 2.60. The van der Waals surface area contributed by atoms with Crippen molar-refractivity contribution in [2.75, 3.05) is 18.6 Å². The normalized spacial score (nSPS) is 17.6. The Bertz CT molecular complexity index is 1330. The van der Waals surface area contributed by atoms with E-state index in [1.165, 1.54) is 19.9 Å². The molecule has 0 bridgehead atoms. The van der Waals surface area contributed by atoms with E-state index in [2.05, 4.69) is 4.74 Å². The quantitative estimate of drug-likeness (QED) is 0.301. The average Bonchev–Trinajstić information content (AvgIpc) is 2.88. The van der Waals surface area contributed by atoms with Crippen LogP contribution < -0.4 is 4.90 Å². The van der Waals surface area contributed by atoms with E-state index in [4.69, 9.17) is 4.74 Å². The van der Waals surface area contributed by atoms with Gasteiger partial charge in [-0.05, 0) is 37.6 Å². The molecule has 0 aromatic heterocycles. The zero-order valence-electron chi connectivity index (χ0n) is 21.5. The molecule has 0 spiro atoms. The van der Waals surface area contributed by atoms with Crippen molar-refractivity contribution in [1.29, 1.82) is 0 Å². The summed E-state index contributed by atoms with van der Waals surface area (Å²) >= 11 is 0. The summed E-state index contributed by atoms with van der Waals surface area (Å²) in [5, 5.41) is 11.8. The van der Waals surface area contributed by atoms with E-state index in [1.807, 2.05) is 0 Å². The Morgan fingerprint density at radius 1 is 0.854 bits per heavy atom. The van der Waals surface area contributed by atoms with Crippen molar-refractivity contribution in [3.8, 4) is 0 Å². The zero-order valence-corrected chi connectivity index (χ0v) is 21.5. The number of fused-ring (bicyclic) bond motifs is 1. The molecule has 1 aliphatic heterocycles. The lowest BCUT2D eigenvalue weighted by Crippen LogP contribution is -2.51. The number of para-hydroxylation sites is 1. The molecule has 0 aliphatic carbocycles. The van der Waals surface area contributed by atoms with E-state index < -0.39 is 82.1 Å². The van der Waals surface area contributed by atoms with E-state index in [-0.39, 0.29) is 30.5 Å². The lowest BCUT2D eigenvalue weighted by Gasteiger charge is -2.43. The highest BCUT2D eigenvalue weighted by Gasteiger charge is 2.57. The largest absolute Gasteiger partial charge is 0.466 e. The molecule has 6 nitrogen and oxygen atoms in total. The van der Waals surface area contributed by atoms with Crippen LogP contribution in [0, 0.1) is 0 Å². The van der Waals surface area contributed by atoms with Crippen LogP contribution in [0.2, 0.25) is 0 Å². The first kappa shape index (κ1) is 31.8. The van der Waals surface area contributed by atoms with Gasteiger partial charge in [0, 0.05) is 16.7 Å². The van der Waals surface area contributed by atoms with Crippen LogP contribution in [-0.2, 0) is 32.2 Å².